The summed E-state index contributed by atoms with van der Waals surface area (Å²) in [5, 5.41) is 5.37. The van der Waals surface area contributed by atoms with Gasteiger partial charge in [0.05, 0.1) is 6.54 Å². The molecular formula is C22H24N4O3S. The van der Waals surface area contributed by atoms with E-state index in [1.807, 2.05) is 60.7 Å². The van der Waals surface area contributed by atoms with E-state index in [1.165, 1.54) is 9.71 Å². The normalized spacial score (nSPS) is 16.7. The summed E-state index contributed by atoms with van der Waals surface area (Å²) in [6.45, 7) is 2.87. The molecule has 156 valence electrons. The first kappa shape index (κ1) is 20.5. The smallest absolute Gasteiger partial charge is 0.257 e. The SMILES string of the molecule is O=S(=O)(C=Cc1ccccc1)N1CCCN(Cc2noc(-c3ccccc3)n2)CC1. The van der Waals surface area contributed by atoms with Gasteiger partial charge in [0.15, 0.2) is 5.82 Å². The predicted octanol–water partition coefficient (Wildman–Crippen LogP) is 3.25. The van der Waals surface area contributed by atoms with Gasteiger partial charge in [0.1, 0.15) is 0 Å². The summed E-state index contributed by atoms with van der Waals surface area (Å²) in [7, 11) is -3.46. The Kier molecular flexibility index (Phi) is 6.37. The molecule has 0 bridgehead atoms. The fraction of sp³-hybridized carbons (Fsp3) is 0.273. The fourth-order valence-electron chi connectivity index (χ4n) is 3.39. The average molecular weight is 425 g/mol. The van der Waals surface area contributed by atoms with Crippen LogP contribution in [0.2, 0.25) is 0 Å². The van der Waals surface area contributed by atoms with Gasteiger partial charge in [-0.3, -0.25) is 4.90 Å². The number of rotatable bonds is 6. The van der Waals surface area contributed by atoms with Gasteiger partial charge in [0.2, 0.25) is 10.0 Å². The number of aromatic nitrogens is 2. The Balaban J connectivity index is 1.36. The molecule has 2 aromatic carbocycles. The molecule has 2 heterocycles. The standard InChI is InChI=1S/C22H24N4O3S/c27-30(28,17-12-19-8-3-1-4-9-19)26-14-7-13-25(15-16-26)18-21-23-22(29-24-21)20-10-5-2-6-11-20/h1-6,8-12,17H,7,13-16,18H2. The van der Waals surface area contributed by atoms with Crippen LogP contribution in [-0.2, 0) is 16.6 Å². The van der Waals surface area contributed by atoms with Crippen molar-refractivity contribution < 1.29 is 12.9 Å². The zero-order valence-corrected chi connectivity index (χ0v) is 17.4. The summed E-state index contributed by atoms with van der Waals surface area (Å²) in [5.74, 6) is 1.10. The van der Waals surface area contributed by atoms with Crippen LogP contribution in [0.25, 0.3) is 17.5 Å². The maximum absolute atomic E-state index is 12.7. The minimum absolute atomic E-state index is 0.435. The Bertz CT molecular complexity index is 1080. The number of benzene rings is 2. The van der Waals surface area contributed by atoms with E-state index in [4.69, 9.17) is 4.52 Å². The quantitative estimate of drug-likeness (QED) is 0.604. The lowest BCUT2D eigenvalue weighted by Gasteiger charge is -2.19. The highest BCUT2D eigenvalue weighted by Gasteiger charge is 2.24. The van der Waals surface area contributed by atoms with Crippen LogP contribution in [-0.4, -0.2) is 53.9 Å². The van der Waals surface area contributed by atoms with Crippen molar-refractivity contribution in [2.45, 2.75) is 13.0 Å². The molecule has 0 saturated carbocycles. The van der Waals surface area contributed by atoms with Crippen LogP contribution in [0.5, 0.6) is 0 Å². The second-order valence-corrected chi connectivity index (χ2v) is 8.99. The molecule has 0 unspecified atom stereocenters. The fourth-order valence-corrected chi connectivity index (χ4v) is 4.61. The van der Waals surface area contributed by atoms with Crippen molar-refractivity contribution in [3.63, 3.8) is 0 Å². The van der Waals surface area contributed by atoms with Gasteiger partial charge in [-0.05, 0) is 36.7 Å². The number of nitrogens with zero attached hydrogens (tertiary/aromatic N) is 4. The van der Waals surface area contributed by atoms with Gasteiger partial charge < -0.3 is 4.52 Å². The van der Waals surface area contributed by atoms with Crippen LogP contribution in [0.1, 0.15) is 17.8 Å². The highest BCUT2D eigenvalue weighted by atomic mass is 32.2. The monoisotopic (exact) mass is 424 g/mol. The summed E-state index contributed by atoms with van der Waals surface area (Å²) in [6, 6.07) is 19.1. The van der Waals surface area contributed by atoms with E-state index in [0.717, 1.165) is 24.1 Å². The average Bonchev–Trinajstić information content (AvgIpc) is 3.11. The van der Waals surface area contributed by atoms with Gasteiger partial charge in [0.25, 0.3) is 5.89 Å². The number of hydrogen-bond acceptors (Lipinski definition) is 6. The van der Waals surface area contributed by atoms with Crippen molar-refractivity contribution in [3.8, 4) is 11.5 Å². The Morgan fingerprint density at radius 1 is 0.933 bits per heavy atom. The van der Waals surface area contributed by atoms with Crippen LogP contribution >= 0.6 is 0 Å². The van der Waals surface area contributed by atoms with Gasteiger partial charge in [-0.25, -0.2) is 8.42 Å². The minimum Gasteiger partial charge on any atom is -0.334 e. The lowest BCUT2D eigenvalue weighted by molar-refractivity contribution is 0.267. The van der Waals surface area contributed by atoms with Gasteiger partial charge in [-0.15, -0.1) is 0 Å². The zero-order valence-electron chi connectivity index (χ0n) is 16.6. The van der Waals surface area contributed by atoms with E-state index < -0.39 is 10.0 Å². The summed E-state index contributed by atoms with van der Waals surface area (Å²) in [6.07, 6.45) is 2.39. The Labute approximate surface area is 176 Å². The summed E-state index contributed by atoms with van der Waals surface area (Å²) in [5.41, 5.74) is 1.75. The molecule has 1 aliphatic rings. The maximum Gasteiger partial charge on any atom is 0.257 e. The molecule has 0 N–H and O–H groups in total. The van der Waals surface area contributed by atoms with E-state index in [2.05, 4.69) is 15.0 Å². The molecule has 0 aliphatic carbocycles. The Hall–Kier alpha value is -2.81. The second kappa shape index (κ2) is 9.34. The first-order chi connectivity index (χ1) is 14.6. The molecule has 0 amide bonds. The molecule has 30 heavy (non-hydrogen) atoms. The highest BCUT2D eigenvalue weighted by Crippen LogP contribution is 2.18. The van der Waals surface area contributed by atoms with Crippen LogP contribution in [0.3, 0.4) is 0 Å². The van der Waals surface area contributed by atoms with E-state index in [1.54, 1.807) is 6.08 Å². The van der Waals surface area contributed by atoms with Crippen LogP contribution in [0.4, 0.5) is 0 Å². The van der Waals surface area contributed by atoms with E-state index >= 15 is 0 Å². The predicted molar refractivity (Wildman–Crippen MR) is 116 cm³/mol. The van der Waals surface area contributed by atoms with Gasteiger partial charge in [-0.2, -0.15) is 9.29 Å². The topological polar surface area (TPSA) is 79.5 Å². The van der Waals surface area contributed by atoms with Crippen molar-refractivity contribution in [2.75, 3.05) is 26.2 Å². The lowest BCUT2D eigenvalue weighted by Crippen LogP contribution is -2.34. The van der Waals surface area contributed by atoms with Crippen molar-refractivity contribution in [2.24, 2.45) is 0 Å². The molecule has 8 heteroatoms. The third-order valence-corrected chi connectivity index (χ3v) is 6.56. The van der Waals surface area contributed by atoms with Gasteiger partial charge in [0, 0.05) is 30.6 Å². The molecular weight excluding hydrogens is 400 g/mol. The van der Waals surface area contributed by atoms with Crippen molar-refractivity contribution in [1.29, 1.82) is 0 Å². The minimum atomic E-state index is -3.46. The molecule has 1 saturated heterocycles. The third kappa shape index (κ3) is 5.21. The summed E-state index contributed by atoms with van der Waals surface area (Å²) < 4.78 is 32.3. The maximum atomic E-state index is 12.7. The number of sulfonamides is 1. The molecule has 0 atom stereocenters. The zero-order chi connectivity index (χ0) is 20.8. The molecule has 1 fully saturated rings. The Morgan fingerprint density at radius 2 is 1.67 bits per heavy atom. The highest BCUT2D eigenvalue weighted by molar-refractivity contribution is 7.92. The van der Waals surface area contributed by atoms with Crippen LogP contribution < -0.4 is 0 Å². The summed E-state index contributed by atoms with van der Waals surface area (Å²) in [4.78, 5) is 6.64. The summed E-state index contributed by atoms with van der Waals surface area (Å²) >= 11 is 0. The molecule has 0 radical (unpaired) electrons. The third-order valence-electron chi connectivity index (χ3n) is 4.99. The molecule has 3 aromatic rings. The molecule has 1 aromatic heterocycles. The van der Waals surface area contributed by atoms with Crippen LogP contribution in [0, 0.1) is 0 Å². The largest absolute Gasteiger partial charge is 0.334 e. The van der Waals surface area contributed by atoms with Crippen molar-refractivity contribution in [1.82, 2.24) is 19.3 Å². The second-order valence-electron chi connectivity index (χ2n) is 7.17. The molecule has 7 nitrogen and oxygen atoms in total. The number of hydrogen-bond donors (Lipinski definition) is 0. The van der Waals surface area contributed by atoms with E-state index in [-0.39, 0.29) is 0 Å². The lowest BCUT2D eigenvalue weighted by atomic mass is 10.2. The van der Waals surface area contributed by atoms with Crippen molar-refractivity contribution in [3.05, 3.63) is 77.5 Å². The molecule has 1 aliphatic heterocycles. The molecule has 4 rings (SSSR count). The molecule has 0 spiro atoms. The van der Waals surface area contributed by atoms with E-state index in [0.29, 0.717) is 37.9 Å². The van der Waals surface area contributed by atoms with Gasteiger partial charge in [-0.1, -0.05) is 53.7 Å². The van der Waals surface area contributed by atoms with Crippen molar-refractivity contribution >= 4 is 16.1 Å². The van der Waals surface area contributed by atoms with E-state index in [9.17, 15) is 8.42 Å². The first-order valence-corrected chi connectivity index (χ1v) is 11.4. The Morgan fingerprint density at radius 3 is 2.43 bits per heavy atom. The van der Waals surface area contributed by atoms with Crippen LogP contribution in [0.15, 0.2) is 70.6 Å². The first-order valence-electron chi connectivity index (χ1n) is 9.94. The van der Waals surface area contributed by atoms with Gasteiger partial charge >= 0.3 is 0 Å².